The number of guanidine groups is 1. The van der Waals surface area contributed by atoms with E-state index < -0.39 is 11.7 Å². The van der Waals surface area contributed by atoms with Crippen LogP contribution in [0, 0.1) is 0 Å². The largest absolute Gasteiger partial charge is 0.416 e. The second kappa shape index (κ2) is 9.49. The summed E-state index contributed by atoms with van der Waals surface area (Å²) >= 11 is 0. The molecule has 0 spiro atoms. The number of halogens is 3. The molecule has 30 heavy (non-hydrogen) atoms. The van der Waals surface area contributed by atoms with Gasteiger partial charge in [0.1, 0.15) is 12.2 Å². The molecule has 1 aliphatic rings. The van der Waals surface area contributed by atoms with Gasteiger partial charge in [-0.3, -0.25) is 4.99 Å². The van der Waals surface area contributed by atoms with Crippen LogP contribution in [-0.4, -0.2) is 40.4 Å². The van der Waals surface area contributed by atoms with Gasteiger partial charge in [0.2, 0.25) is 0 Å². The summed E-state index contributed by atoms with van der Waals surface area (Å²) in [6, 6.07) is 5.70. The van der Waals surface area contributed by atoms with E-state index in [1.165, 1.54) is 12.1 Å². The van der Waals surface area contributed by atoms with Crippen molar-refractivity contribution in [1.82, 2.24) is 25.4 Å². The summed E-state index contributed by atoms with van der Waals surface area (Å²) < 4.78 is 41.4. The van der Waals surface area contributed by atoms with Gasteiger partial charge in [-0.15, -0.1) is 10.2 Å². The van der Waals surface area contributed by atoms with Crippen molar-refractivity contribution in [3.63, 3.8) is 0 Å². The van der Waals surface area contributed by atoms with Crippen LogP contribution in [0.25, 0.3) is 0 Å². The second-order valence-corrected chi connectivity index (χ2v) is 7.63. The maximum Gasteiger partial charge on any atom is 0.416 e. The Balaban J connectivity index is 1.68. The zero-order valence-electron chi connectivity index (χ0n) is 17.5. The highest BCUT2D eigenvalue weighted by molar-refractivity contribution is 5.79. The van der Waals surface area contributed by atoms with Gasteiger partial charge in [0.15, 0.2) is 5.96 Å². The van der Waals surface area contributed by atoms with E-state index in [2.05, 4.69) is 20.8 Å². The zero-order valence-corrected chi connectivity index (χ0v) is 17.5. The number of rotatable bonds is 8. The van der Waals surface area contributed by atoms with Crippen molar-refractivity contribution < 1.29 is 13.2 Å². The Labute approximate surface area is 175 Å². The first-order valence-electron chi connectivity index (χ1n) is 10.4. The average molecular weight is 422 g/mol. The Hall–Kier alpha value is -2.58. The fourth-order valence-electron chi connectivity index (χ4n) is 3.77. The minimum absolute atomic E-state index is 0.326. The van der Waals surface area contributed by atoms with Crippen LogP contribution in [0.2, 0.25) is 0 Å². The van der Waals surface area contributed by atoms with E-state index in [-0.39, 0.29) is 5.41 Å². The minimum Gasteiger partial charge on any atom is -0.357 e. The minimum atomic E-state index is -4.33. The molecular formula is C21H29F3N6. The first kappa shape index (κ1) is 22.1. The lowest BCUT2D eigenvalue weighted by Crippen LogP contribution is -2.42. The molecular weight excluding hydrogens is 393 g/mol. The molecule has 1 aromatic heterocycles. The van der Waals surface area contributed by atoms with Gasteiger partial charge in [0.05, 0.1) is 12.1 Å². The highest BCUT2D eigenvalue weighted by atomic mass is 19.4. The van der Waals surface area contributed by atoms with Gasteiger partial charge in [0.25, 0.3) is 0 Å². The SMILES string of the molecule is CCNC(=NCC1(c2cccc(C(F)(F)F)c2)CCC1)NCCn1cnnc1CC. The number of hydrogen-bond donors (Lipinski definition) is 2. The lowest BCUT2D eigenvalue weighted by molar-refractivity contribution is -0.137. The van der Waals surface area contributed by atoms with Gasteiger partial charge in [-0.2, -0.15) is 13.2 Å². The fourth-order valence-corrected chi connectivity index (χ4v) is 3.77. The van der Waals surface area contributed by atoms with Crippen molar-refractivity contribution in [2.75, 3.05) is 19.6 Å². The third kappa shape index (κ3) is 5.12. The summed E-state index contributed by atoms with van der Waals surface area (Å²) in [5, 5.41) is 14.5. The van der Waals surface area contributed by atoms with Crippen LogP contribution in [0.3, 0.4) is 0 Å². The summed E-state index contributed by atoms with van der Waals surface area (Å²) in [5.41, 5.74) is -0.200. The van der Waals surface area contributed by atoms with E-state index in [0.29, 0.717) is 32.1 Å². The number of aryl methyl sites for hydroxylation is 1. The molecule has 0 saturated heterocycles. The number of alkyl halides is 3. The number of nitrogens with zero attached hydrogens (tertiary/aromatic N) is 4. The molecule has 0 bridgehead atoms. The van der Waals surface area contributed by atoms with Gasteiger partial charge >= 0.3 is 6.18 Å². The predicted molar refractivity (Wildman–Crippen MR) is 110 cm³/mol. The van der Waals surface area contributed by atoms with Crippen LogP contribution in [0.1, 0.15) is 50.1 Å². The van der Waals surface area contributed by atoms with Gasteiger partial charge in [-0.1, -0.05) is 31.5 Å². The molecule has 2 aromatic rings. The Bertz CT molecular complexity index is 854. The lowest BCUT2D eigenvalue weighted by atomic mass is 9.64. The van der Waals surface area contributed by atoms with Crippen molar-refractivity contribution >= 4 is 5.96 Å². The summed E-state index contributed by atoms with van der Waals surface area (Å²) in [6.07, 6.45) is 0.883. The number of hydrogen-bond acceptors (Lipinski definition) is 3. The molecule has 1 fully saturated rings. The normalized spacial score (nSPS) is 16.2. The highest BCUT2D eigenvalue weighted by Gasteiger charge is 2.40. The molecule has 0 atom stereocenters. The first-order valence-corrected chi connectivity index (χ1v) is 10.4. The molecule has 2 N–H and O–H groups in total. The zero-order chi connectivity index (χ0) is 21.6. The van der Waals surface area contributed by atoms with Crippen LogP contribution in [-0.2, 0) is 24.6 Å². The highest BCUT2D eigenvalue weighted by Crippen LogP contribution is 2.45. The standard InChI is InChI=1S/C21H29F3N6/c1-3-18-29-28-15-30(18)12-11-26-19(25-4-2)27-14-20(9-6-10-20)16-7-5-8-17(13-16)21(22,23)24/h5,7-8,13,15H,3-4,6,9-12,14H2,1-2H3,(H2,25,26,27). The summed E-state index contributed by atoms with van der Waals surface area (Å²) in [5.74, 6) is 1.60. The Morgan fingerprint density at radius 1 is 1.23 bits per heavy atom. The van der Waals surface area contributed by atoms with Gasteiger partial charge in [0, 0.05) is 31.5 Å². The molecule has 0 unspecified atom stereocenters. The fraction of sp³-hybridized carbons (Fsp3) is 0.571. The van der Waals surface area contributed by atoms with E-state index in [1.54, 1.807) is 12.4 Å². The van der Waals surface area contributed by atoms with Crippen molar-refractivity contribution in [2.24, 2.45) is 4.99 Å². The van der Waals surface area contributed by atoms with E-state index in [9.17, 15) is 13.2 Å². The van der Waals surface area contributed by atoms with Crippen LogP contribution in [0.5, 0.6) is 0 Å². The third-order valence-corrected chi connectivity index (χ3v) is 5.65. The number of nitrogens with one attached hydrogen (secondary N) is 2. The van der Waals surface area contributed by atoms with Crippen molar-refractivity contribution in [3.8, 4) is 0 Å². The van der Waals surface area contributed by atoms with Crippen LogP contribution in [0.4, 0.5) is 13.2 Å². The van der Waals surface area contributed by atoms with Crippen LogP contribution in [0.15, 0.2) is 35.6 Å². The Morgan fingerprint density at radius 3 is 2.67 bits per heavy atom. The smallest absolute Gasteiger partial charge is 0.357 e. The Morgan fingerprint density at radius 2 is 2.03 bits per heavy atom. The molecule has 0 aliphatic heterocycles. The van der Waals surface area contributed by atoms with E-state index >= 15 is 0 Å². The second-order valence-electron chi connectivity index (χ2n) is 7.63. The maximum absolute atomic E-state index is 13.1. The summed E-state index contributed by atoms with van der Waals surface area (Å²) in [4.78, 5) is 4.71. The van der Waals surface area contributed by atoms with E-state index in [4.69, 9.17) is 4.99 Å². The third-order valence-electron chi connectivity index (χ3n) is 5.65. The molecule has 0 amide bonds. The molecule has 0 radical (unpaired) electrons. The number of aliphatic imine (C=N–C) groups is 1. The van der Waals surface area contributed by atoms with Gasteiger partial charge in [-0.05, 0) is 31.4 Å². The molecule has 1 aliphatic carbocycles. The van der Waals surface area contributed by atoms with Gasteiger partial charge in [-0.25, -0.2) is 0 Å². The lowest BCUT2D eigenvalue weighted by Gasteiger charge is -2.41. The molecule has 1 saturated carbocycles. The molecule has 6 nitrogen and oxygen atoms in total. The Kier molecular flexibility index (Phi) is 6.99. The average Bonchev–Trinajstić information content (AvgIpc) is 3.14. The van der Waals surface area contributed by atoms with E-state index in [1.807, 2.05) is 18.4 Å². The quantitative estimate of drug-likeness (QED) is 0.505. The van der Waals surface area contributed by atoms with Crippen LogP contribution >= 0.6 is 0 Å². The van der Waals surface area contributed by atoms with Crippen molar-refractivity contribution in [3.05, 3.63) is 47.5 Å². The summed E-state index contributed by atoms with van der Waals surface area (Å²) in [7, 11) is 0. The molecule has 1 aromatic carbocycles. The van der Waals surface area contributed by atoms with E-state index in [0.717, 1.165) is 43.1 Å². The molecule has 1 heterocycles. The molecule has 9 heteroatoms. The predicted octanol–water partition coefficient (Wildman–Crippen LogP) is 3.54. The summed E-state index contributed by atoms with van der Waals surface area (Å²) in [6.45, 7) is 6.53. The first-order chi connectivity index (χ1) is 14.4. The number of aromatic nitrogens is 3. The van der Waals surface area contributed by atoms with Crippen LogP contribution < -0.4 is 10.6 Å². The monoisotopic (exact) mass is 422 g/mol. The van der Waals surface area contributed by atoms with Crippen molar-refractivity contribution in [2.45, 2.75) is 57.7 Å². The molecule has 3 rings (SSSR count). The topological polar surface area (TPSA) is 67.1 Å². The van der Waals surface area contributed by atoms with Gasteiger partial charge < -0.3 is 15.2 Å². The maximum atomic E-state index is 13.1. The molecule has 164 valence electrons. The number of benzene rings is 1. The van der Waals surface area contributed by atoms with Crippen molar-refractivity contribution in [1.29, 1.82) is 0 Å².